The molecule has 0 radical (unpaired) electrons. The first-order chi connectivity index (χ1) is 14.6. The zero-order chi connectivity index (χ0) is 22.9. The third-order valence-electron chi connectivity index (χ3n) is 4.78. The highest BCUT2D eigenvalue weighted by Crippen LogP contribution is 2.39. The van der Waals surface area contributed by atoms with E-state index < -0.39 is 41.3 Å². The third kappa shape index (κ3) is 4.59. The van der Waals surface area contributed by atoms with Gasteiger partial charge in [-0.15, -0.1) is 0 Å². The summed E-state index contributed by atoms with van der Waals surface area (Å²) >= 11 is 3.03. The van der Waals surface area contributed by atoms with Gasteiger partial charge in [0.2, 0.25) is 0 Å². The SMILES string of the molecule is COc1c(F)c(CBr)cc(C(Nc2cccc3nc(C)ccc23)C(O)C(F)(F)F)c1F. The molecule has 0 aliphatic heterocycles. The van der Waals surface area contributed by atoms with Gasteiger partial charge >= 0.3 is 6.18 Å². The quantitative estimate of drug-likeness (QED) is 0.329. The molecule has 3 rings (SSSR count). The molecule has 0 fully saturated rings. The highest BCUT2D eigenvalue weighted by atomic mass is 79.9. The normalized spacial score (nSPS) is 13.8. The van der Waals surface area contributed by atoms with E-state index >= 15 is 4.39 Å². The Morgan fingerprint density at radius 3 is 2.48 bits per heavy atom. The first-order valence-electron chi connectivity index (χ1n) is 9.06. The summed E-state index contributed by atoms with van der Waals surface area (Å²) in [5.74, 6) is -3.20. The number of pyridine rings is 1. The maximum Gasteiger partial charge on any atom is 0.416 e. The third-order valence-corrected chi connectivity index (χ3v) is 5.38. The van der Waals surface area contributed by atoms with Crippen LogP contribution in [0.2, 0.25) is 0 Å². The van der Waals surface area contributed by atoms with Crippen molar-refractivity contribution >= 4 is 32.5 Å². The second-order valence-corrected chi connectivity index (χ2v) is 7.41. The first-order valence-corrected chi connectivity index (χ1v) is 10.2. The number of hydrogen-bond donors (Lipinski definition) is 2. The number of aliphatic hydroxyl groups excluding tert-OH is 1. The second kappa shape index (κ2) is 8.96. The van der Waals surface area contributed by atoms with Gasteiger partial charge in [0.1, 0.15) is 0 Å². The van der Waals surface area contributed by atoms with Crippen LogP contribution < -0.4 is 10.1 Å². The molecule has 0 amide bonds. The van der Waals surface area contributed by atoms with Gasteiger partial charge in [0.25, 0.3) is 0 Å². The molecule has 0 spiro atoms. The van der Waals surface area contributed by atoms with E-state index in [9.17, 15) is 22.7 Å². The predicted octanol–water partition coefficient (Wildman–Crippen LogP) is 5.80. The molecule has 2 atom stereocenters. The lowest BCUT2D eigenvalue weighted by Crippen LogP contribution is -2.39. The molecule has 10 heteroatoms. The number of fused-ring (bicyclic) bond motifs is 1. The van der Waals surface area contributed by atoms with Crippen LogP contribution in [0.15, 0.2) is 36.4 Å². The van der Waals surface area contributed by atoms with Gasteiger partial charge in [-0.3, -0.25) is 4.98 Å². The molecular weight excluding hydrogens is 487 g/mol. The molecule has 2 unspecified atom stereocenters. The summed E-state index contributed by atoms with van der Waals surface area (Å²) in [5.41, 5.74) is 0.692. The van der Waals surface area contributed by atoms with Gasteiger partial charge in [-0.2, -0.15) is 13.2 Å². The Hall–Kier alpha value is -2.46. The van der Waals surface area contributed by atoms with Gasteiger partial charge in [0.05, 0.1) is 18.7 Å². The van der Waals surface area contributed by atoms with E-state index in [2.05, 4.69) is 26.2 Å². The van der Waals surface area contributed by atoms with Crippen LogP contribution >= 0.6 is 15.9 Å². The second-order valence-electron chi connectivity index (χ2n) is 6.85. The van der Waals surface area contributed by atoms with Crippen molar-refractivity contribution in [3.05, 3.63) is 64.9 Å². The number of aryl methyl sites for hydroxylation is 1. The molecule has 4 nitrogen and oxygen atoms in total. The number of aromatic nitrogens is 1. The van der Waals surface area contributed by atoms with E-state index in [0.29, 0.717) is 16.6 Å². The molecule has 0 bridgehead atoms. The Bertz CT molecular complexity index is 1110. The molecule has 1 heterocycles. The number of nitrogens with one attached hydrogen (secondary N) is 1. The summed E-state index contributed by atoms with van der Waals surface area (Å²) in [6, 6.07) is 7.00. The summed E-state index contributed by atoms with van der Waals surface area (Å²) in [6.07, 6.45) is -8.08. The number of methoxy groups -OCH3 is 1. The number of aliphatic hydroxyl groups is 1. The summed E-state index contributed by atoms with van der Waals surface area (Å²) in [7, 11) is 1.00. The van der Waals surface area contributed by atoms with Crippen LogP contribution in [-0.4, -0.2) is 29.5 Å². The topological polar surface area (TPSA) is 54.4 Å². The maximum atomic E-state index is 15.0. The fraction of sp³-hybridized carbons (Fsp3) is 0.286. The van der Waals surface area contributed by atoms with Crippen molar-refractivity contribution in [2.75, 3.05) is 12.4 Å². The Labute approximate surface area is 183 Å². The highest BCUT2D eigenvalue weighted by molar-refractivity contribution is 9.08. The number of hydrogen-bond acceptors (Lipinski definition) is 4. The molecule has 2 aromatic carbocycles. The monoisotopic (exact) mass is 504 g/mol. The van der Waals surface area contributed by atoms with Crippen LogP contribution in [0, 0.1) is 18.6 Å². The van der Waals surface area contributed by atoms with E-state index in [1.54, 1.807) is 31.2 Å². The van der Waals surface area contributed by atoms with Crippen LogP contribution in [-0.2, 0) is 5.33 Å². The van der Waals surface area contributed by atoms with Gasteiger partial charge in [0.15, 0.2) is 23.5 Å². The standard InChI is InChI=1S/C21H18BrF5N2O2/c1-10-6-7-12-14(28-10)4-3-5-15(12)29-18(20(30)21(25,26)27)13-8-11(9-22)16(23)19(31-2)17(13)24/h3-8,18,20,29-30H,9H2,1-2H3. The molecule has 0 saturated carbocycles. The Kier molecular flexibility index (Phi) is 6.70. The minimum Gasteiger partial charge on any atom is -0.491 e. The number of benzene rings is 2. The fourth-order valence-corrected chi connectivity index (χ4v) is 3.66. The van der Waals surface area contributed by atoms with Crippen molar-refractivity contribution in [1.82, 2.24) is 4.98 Å². The molecule has 3 aromatic rings. The van der Waals surface area contributed by atoms with E-state index in [1.165, 1.54) is 6.07 Å². The van der Waals surface area contributed by atoms with Crippen LogP contribution in [0.25, 0.3) is 10.9 Å². The number of rotatable bonds is 6. The molecule has 166 valence electrons. The van der Waals surface area contributed by atoms with Crippen LogP contribution in [0.3, 0.4) is 0 Å². The van der Waals surface area contributed by atoms with Gasteiger partial charge in [-0.1, -0.05) is 22.0 Å². The van der Waals surface area contributed by atoms with Crippen molar-refractivity contribution in [2.24, 2.45) is 0 Å². The summed E-state index contributed by atoms with van der Waals surface area (Å²) in [5, 5.41) is 13.0. The number of halogens is 6. The molecule has 2 N–H and O–H groups in total. The summed E-state index contributed by atoms with van der Waals surface area (Å²) in [4.78, 5) is 4.32. The zero-order valence-corrected chi connectivity index (χ0v) is 18.0. The lowest BCUT2D eigenvalue weighted by Gasteiger charge is -2.29. The summed E-state index contributed by atoms with van der Waals surface area (Å²) in [6.45, 7) is 1.76. The number of anilines is 1. The fourth-order valence-electron chi connectivity index (χ4n) is 3.26. The molecule has 1 aromatic heterocycles. The van der Waals surface area contributed by atoms with Crippen molar-refractivity contribution in [3.63, 3.8) is 0 Å². The van der Waals surface area contributed by atoms with Gasteiger partial charge < -0.3 is 15.2 Å². The first kappa shape index (κ1) is 23.2. The Balaban J connectivity index is 2.20. The smallest absolute Gasteiger partial charge is 0.416 e. The number of alkyl halides is 4. The molecule has 31 heavy (non-hydrogen) atoms. The predicted molar refractivity (Wildman–Crippen MR) is 110 cm³/mol. The van der Waals surface area contributed by atoms with Gasteiger partial charge in [0, 0.05) is 33.2 Å². The summed E-state index contributed by atoms with van der Waals surface area (Å²) < 4.78 is 74.6. The van der Waals surface area contributed by atoms with Gasteiger partial charge in [-0.05, 0) is 37.3 Å². The minimum atomic E-state index is -5.08. The number of ether oxygens (including phenoxy) is 1. The van der Waals surface area contributed by atoms with Crippen molar-refractivity contribution in [3.8, 4) is 5.75 Å². The lowest BCUT2D eigenvalue weighted by molar-refractivity contribution is -0.208. The van der Waals surface area contributed by atoms with Crippen LogP contribution in [0.4, 0.5) is 27.6 Å². The van der Waals surface area contributed by atoms with E-state index in [0.717, 1.165) is 13.2 Å². The highest BCUT2D eigenvalue weighted by Gasteiger charge is 2.46. The lowest BCUT2D eigenvalue weighted by atomic mass is 9.96. The number of nitrogens with zero attached hydrogens (tertiary/aromatic N) is 1. The largest absolute Gasteiger partial charge is 0.491 e. The van der Waals surface area contributed by atoms with Crippen molar-refractivity contribution in [1.29, 1.82) is 0 Å². The average molecular weight is 505 g/mol. The van der Waals surface area contributed by atoms with E-state index in [1.807, 2.05) is 0 Å². The molecule has 0 aliphatic carbocycles. The Morgan fingerprint density at radius 2 is 1.87 bits per heavy atom. The molecule has 0 aliphatic rings. The minimum absolute atomic E-state index is 0.102. The molecular formula is C21H18BrF5N2O2. The van der Waals surface area contributed by atoms with Crippen molar-refractivity contribution < 1.29 is 31.8 Å². The maximum absolute atomic E-state index is 15.0. The van der Waals surface area contributed by atoms with Crippen LogP contribution in [0.1, 0.15) is 22.9 Å². The Morgan fingerprint density at radius 1 is 1.16 bits per heavy atom. The van der Waals surface area contributed by atoms with Crippen LogP contribution in [0.5, 0.6) is 5.75 Å². The van der Waals surface area contributed by atoms with E-state index in [4.69, 9.17) is 4.74 Å². The molecule has 0 saturated heterocycles. The van der Waals surface area contributed by atoms with Gasteiger partial charge in [-0.25, -0.2) is 8.78 Å². The van der Waals surface area contributed by atoms with Crippen molar-refractivity contribution in [2.45, 2.75) is 30.6 Å². The average Bonchev–Trinajstić information content (AvgIpc) is 2.71. The zero-order valence-electron chi connectivity index (χ0n) is 16.4. The van der Waals surface area contributed by atoms with E-state index in [-0.39, 0.29) is 16.6 Å².